The van der Waals surface area contributed by atoms with Gasteiger partial charge < -0.3 is 4.74 Å². The molecule has 0 bridgehead atoms. The van der Waals surface area contributed by atoms with E-state index in [0.717, 1.165) is 62.0 Å². The SMILES string of the molecule is O=C(c1ccc(OCCCC2CCCN2NS(=O)(=O)c2ccc(F)cc2)cc1)C1CC1. The van der Waals surface area contributed by atoms with Gasteiger partial charge in [-0.05, 0) is 87.1 Å². The lowest BCUT2D eigenvalue weighted by molar-refractivity contribution is 0.0967. The summed E-state index contributed by atoms with van der Waals surface area (Å²) in [6, 6.07) is 12.2. The van der Waals surface area contributed by atoms with Crippen molar-refractivity contribution in [3.05, 3.63) is 59.9 Å². The molecule has 1 unspecified atom stereocenters. The van der Waals surface area contributed by atoms with E-state index >= 15 is 0 Å². The topological polar surface area (TPSA) is 75.7 Å². The largest absolute Gasteiger partial charge is 0.494 e. The number of ether oxygens (including phenoxy) is 1. The highest BCUT2D eigenvalue weighted by Crippen LogP contribution is 2.33. The second-order valence-corrected chi connectivity index (χ2v) is 9.85. The Morgan fingerprint density at radius 1 is 1.06 bits per heavy atom. The molecule has 166 valence electrons. The van der Waals surface area contributed by atoms with Crippen LogP contribution in [0.4, 0.5) is 4.39 Å². The Hall–Kier alpha value is -2.29. The molecule has 1 N–H and O–H groups in total. The Labute approximate surface area is 182 Å². The number of carbonyl (C=O) groups is 1. The fourth-order valence-corrected chi connectivity index (χ4v) is 5.03. The second-order valence-electron chi connectivity index (χ2n) is 8.19. The second kappa shape index (κ2) is 9.46. The number of nitrogens with one attached hydrogen (secondary N) is 1. The molecule has 2 aromatic rings. The van der Waals surface area contributed by atoms with Gasteiger partial charge >= 0.3 is 0 Å². The first kappa shape index (κ1) is 21.9. The first-order valence-electron chi connectivity index (χ1n) is 10.7. The first-order chi connectivity index (χ1) is 14.9. The number of hydrazine groups is 1. The zero-order valence-corrected chi connectivity index (χ0v) is 18.1. The molecule has 2 aliphatic rings. The van der Waals surface area contributed by atoms with E-state index in [1.165, 1.54) is 12.1 Å². The third-order valence-corrected chi connectivity index (χ3v) is 7.14. The normalized spacial score (nSPS) is 19.5. The summed E-state index contributed by atoms with van der Waals surface area (Å²) < 4.78 is 44.0. The molecule has 0 amide bonds. The van der Waals surface area contributed by atoms with Crippen LogP contribution >= 0.6 is 0 Å². The number of hydrogen-bond acceptors (Lipinski definition) is 5. The molecule has 1 heterocycles. The molecule has 8 heteroatoms. The van der Waals surface area contributed by atoms with Crippen LogP contribution in [0.1, 0.15) is 48.9 Å². The first-order valence-corrected chi connectivity index (χ1v) is 12.2. The quantitative estimate of drug-likeness (QED) is 0.442. The van der Waals surface area contributed by atoms with Crippen LogP contribution in [0.25, 0.3) is 0 Å². The van der Waals surface area contributed by atoms with E-state index in [2.05, 4.69) is 4.83 Å². The lowest BCUT2D eigenvalue weighted by Crippen LogP contribution is -2.45. The van der Waals surface area contributed by atoms with Crippen LogP contribution in [0.5, 0.6) is 5.75 Å². The standard InChI is InChI=1S/C23H27FN2O4S/c24-19-9-13-22(14-10-19)31(28,29)25-26-15-1-3-20(26)4-2-16-30-21-11-7-18(8-12-21)23(27)17-5-6-17/h7-14,17,20,25H,1-6,15-16H2. The molecule has 0 radical (unpaired) electrons. The van der Waals surface area contributed by atoms with Gasteiger partial charge in [0.2, 0.25) is 0 Å². The lowest BCUT2D eigenvalue weighted by Gasteiger charge is -2.25. The van der Waals surface area contributed by atoms with E-state index < -0.39 is 15.8 Å². The molecule has 0 spiro atoms. The van der Waals surface area contributed by atoms with Crippen LogP contribution < -0.4 is 9.57 Å². The molecule has 4 rings (SSSR count). The van der Waals surface area contributed by atoms with Gasteiger partial charge in [0.15, 0.2) is 5.78 Å². The highest BCUT2D eigenvalue weighted by atomic mass is 32.2. The van der Waals surface area contributed by atoms with Crippen LogP contribution in [0.15, 0.2) is 53.4 Å². The average Bonchev–Trinajstić information content (AvgIpc) is 3.52. The van der Waals surface area contributed by atoms with Crippen molar-refractivity contribution < 1.29 is 22.3 Å². The summed E-state index contributed by atoms with van der Waals surface area (Å²) in [5.41, 5.74) is 0.741. The molecule has 2 aromatic carbocycles. The van der Waals surface area contributed by atoms with Gasteiger partial charge in [-0.1, -0.05) is 0 Å². The van der Waals surface area contributed by atoms with Crippen LogP contribution in [0.3, 0.4) is 0 Å². The Morgan fingerprint density at radius 2 is 1.77 bits per heavy atom. The van der Waals surface area contributed by atoms with Crippen molar-refractivity contribution in [2.75, 3.05) is 13.2 Å². The molecule has 0 aromatic heterocycles. The Kier molecular flexibility index (Phi) is 6.69. The molecule has 1 atom stereocenters. The third kappa shape index (κ3) is 5.70. The maximum Gasteiger partial charge on any atom is 0.253 e. The molecule has 6 nitrogen and oxygen atoms in total. The van der Waals surface area contributed by atoms with Gasteiger partial charge in [0.25, 0.3) is 10.0 Å². The van der Waals surface area contributed by atoms with E-state index in [-0.39, 0.29) is 22.6 Å². The van der Waals surface area contributed by atoms with Gasteiger partial charge in [-0.2, -0.15) is 0 Å². The third-order valence-electron chi connectivity index (χ3n) is 5.78. The minimum Gasteiger partial charge on any atom is -0.494 e. The summed E-state index contributed by atoms with van der Waals surface area (Å²) >= 11 is 0. The molecule has 1 aliphatic heterocycles. The van der Waals surface area contributed by atoms with Gasteiger partial charge in [0, 0.05) is 24.1 Å². The number of ketones is 1. The van der Waals surface area contributed by atoms with Gasteiger partial charge in [-0.25, -0.2) is 17.8 Å². The highest BCUT2D eigenvalue weighted by molar-refractivity contribution is 7.89. The molecule has 2 fully saturated rings. The van der Waals surface area contributed by atoms with Crippen LogP contribution in [0.2, 0.25) is 0 Å². The van der Waals surface area contributed by atoms with Crippen molar-refractivity contribution in [1.29, 1.82) is 0 Å². The summed E-state index contributed by atoms with van der Waals surface area (Å²) in [5, 5.41) is 1.76. The molecular formula is C23H27FN2O4S. The summed E-state index contributed by atoms with van der Waals surface area (Å²) in [7, 11) is -3.73. The lowest BCUT2D eigenvalue weighted by atomic mass is 10.1. The minimum atomic E-state index is -3.73. The predicted molar refractivity (Wildman–Crippen MR) is 115 cm³/mol. The van der Waals surface area contributed by atoms with Crippen molar-refractivity contribution in [2.24, 2.45) is 5.92 Å². The Balaban J connectivity index is 1.23. The average molecular weight is 447 g/mol. The fraction of sp³-hybridized carbons (Fsp3) is 0.435. The van der Waals surface area contributed by atoms with E-state index in [1.807, 2.05) is 24.3 Å². The number of carbonyl (C=O) groups excluding carboxylic acids is 1. The number of nitrogens with zero attached hydrogens (tertiary/aromatic N) is 1. The van der Waals surface area contributed by atoms with Gasteiger partial charge in [-0.15, -0.1) is 4.83 Å². The van der Waals surface area contributed by atoms with Crippen LogP contribution in [-0.4, -0.2) is 38.4 Å². The predicted octanol–water partition coefficient (Wildman–Crippen LogP) is 3.94. The summed E-state index contributed by atoms with van der Waals surface area (Å²) in [5.74, 6) is 0.687. The van der Waals surface area contributed by atoms with E-state index in [0.29, 0.717) is 13.2 Å². The fourth-order valence-electron chi connectivity index (χ4n) is 3.88. The number of hydrogen-bond donors (Lipinski definition) is 1. The highest BCUT2D eigenvalue weighted by Gasteiger charge is 2.30. The number of rotatable bonds is 10. The van der Waals surface area contributed by atoms with Gasteiger partial charge in [0.1, 0.15) is 11.6 Å². The zero-order chi connectivity index (χ0) is 21.8. The molecule has 1 saturated heterocycles. The molecular weight excluding hydrogens is 419 g/mol. The maximum absolute atomic E-state index is 13.1. The van der Waals surface area contributed by atoms with E-state index in [4.69, 9.17) is 4.74 Å². The summed E-state index contributed by atoms with van der Waals surface area (Å²) in [6.07, 6.45) is 5.38. The summed E-state index contributed by atoms with van der Waals surface area (Å²) in [4.78, 5) is 14.7. The minimum absolute atomic E-state index is 0.0477. The number of Topliss-reactive ketones (excluding diaryl/α,β-unsaturated/α-hetero) is 1. The Bertz CT molecular complexity index is 1000. The van der Waals surface area contributed by atoms with Crippen LogP contribution in [-0.2, 0) is 10.0 Å². The van der Waals surface area contributed by atoms with Crippen molar-refractivity contribution in [1.82, 2.24) is 9.84 Å². The number of sulfonamides is 1. The Morgan fingerprint density at radius 3 is 2.45 bits per heavy atom. The monoisotopic (exact) mass is 446 g/mol. The van der Waals surface area contributed by atoms with Crippen LogP contribution in [0, 0.1) is 11.7 Å². The van der Waals surface area contributed by atoms with Crippen molar-refractivity contribution in [3.63, 3.8) is 0 Å². The van der Waals surface area contributed by atoms with E-state index in [9.17, 15) is 17.6 Å². The molecule has 1 saturated carbocycles. The smallest absolute Gasteiger partial charge is 0.253 e. The maximum atomic E-state index is 13.1. The van der Waals surface area contributed by atoms with Gasteiger partial charge in [-0.3, -0.25) is 4.79 Å². The van der Waals surface area contributed by atoms with Gasteiger partial charge in [0.05, 0.1) is 11.5 Å². The number of halogens is 1. The van der Waals surface area contributed by atoms with Crippen molar-refractivity contribution in [2.45, 2.75) is 49.5 Å². The molecule has 1 aliphatic carbocycles. The molecule has 31 heavy (non-hydrogen) atoms. The number of benzene rings is 2. The zero-order valence-electron chi connectivity index (χ0n) is 17.3. The summed E-state index contributed by atoms with van der Waals surface area (Å²) in [6.45, 7) is 1.16. The van der Waals surface area contributed by atoms with Crippen molar-refractivity contribution >= 4 is 15.8 Å². The van der Waals surface area contributed by atoms with Crippen molar-refractivity contribution in [3.8, 4) is 5.75 Å². The van der Waals surface area contributed by atoms with E-state index in [1.54, 1.807) is 5.01 Å².